The minimum atomic E-state index is -4.32. The highest BCUT2D eigenvalue weighted by atomic mass is 19.4. The Morgan fingerprint density at radius 2 is 1.93 bits per heavy atom. The van der Waals surface area contributed by atoms with Crippen LogP contribution in [0.1, 0.15) is 31.2 Å². The van der Waals surface area contributed by atoms with Gasteiger partial charge in [0.1, 0.15) is 0 Å². The highest BCUT2D eigenvalue weighted by Gasteiger charge is 2.32. The Morgan fingerprint density at radius 3 is 2.61 bits per heavy atom. The Hall–Kier alpha value is -2.02. The van der Waals surface area contributed by atoms with Gasteiger partial charge in [-0.05, 0) is 37.5 Å². The third-order valence-electron chi connectivity index (χ3n) is 5.68. The van der Waals surface area contributed by atoms with Crippen molar-refractivity contribution in [2.24, 2.45) is 0 Å². The molecule has 2 aliphatic heterocycles. The topological polar surface area (TPSA) is 26.8 Å². The van der Waals surface area contributed by atoms with Crippen LogP contribution in [0, 0.1) is 0 Å². The number of halogens is 3. The average Bonchev–Trinajstić information content (AvgIpc) is 2.71. The van der Waals surface area contributed by atoms with Crippen LogP contribution in [0.2, 0.25) is 0 Å². The molecule has 1 amide bonds. The Labute approximate surface area is 164 Å². The zero-order valence-electron chi connectivity index (χ0n) is 16.1. The quantitative estimate of drug-likeness (QED) is 0.710. The number of nitrogens with zero attached hydrogens (tertiary/aromatic N) is 3. The number of amides is 1. The van der Waals surface area contributed by atoms with E-state index in [4.69, 9.17) is 0 Å². The van der Waals surface area contributed by atoms with Gasteiger partial charge in [0, 0.05) is 57.4 Å². The maximum absolute atomic E-state index is 13.0. The fourth-order valence-corrected chi connectivity index (χ4v) is 4.09. The molecule has 1 atom stereocenters. The summed E-state index contributed by atoms with van der Waals surface area (Å²) in [6.45, 7) is 8.23. The maximum atomic E-state index is 13.0. The van der Waals surface area contributed by atoms with Crippen molar-refractivity contribution >= 4 is 11.6 Å². The predicted octanol–water partition coefficient (Wildman–Crippen LogP) is 3.78. The zero-order chi connectivity index (χ0) is 20.1. The lowest BCUT2D eigenvalue weighted by atomic mass is 10.0. The van der Waals surface area contributed by atoms with Gasteiger partial charge in [-0.2, -0.15) is 13.2 Å². The van der Waals surface area contributed by atoms with Crippen molar-refractivity contribution in [3.8, 4) is 0 Å². The number of carbonyl (C=O) groups is 1. The van der Waals surface area contributed by atoms with Crippen LogP contribution in [0.4, 0.5) is 18.9 Å². The van der Waals surface area contributed by atoms with Gasteiger partial charge in [-0.1, -0.05) is 12.1 Å². The first kappa shape index (κ1) is 20.7. The Balaban J connectivity index is 1.55. The maximum Gasteiger partial charge on any atom is 0.416 e. The summed E-state index contributed by atoms with van der Waals surface area (Å²) in [7, 11) is 0. The summed E-state index contributed by atoms with van der Waals surface area (Å²) in [5, 5.41) is 0. The van der Waals surface area contributed by atoms with Crippen molar-refractivity contribution in [1.82, 2.24) is 9.80 Å². The van der Waals surface area contributed by atoms with Gasteiger partial charge < -0.3 is 9.80 Å². The number of likely N-dealkylation sites (tertiary alicyclic amines) is 1. The van der Waals surface area contributed by atoms with E-state index in [1.807, 2.05) is 9.80 Å². The van der Waals surface area contributed by atoms with Crippen LogP contribution in [0.5, 0.6) is 0 Å². The van der Waals surface area contributed by atoms with Crippen molar-refractivity contribution in [3.63, 3.8) is 0 Å². The van der Waals surface area contributed by atoms with Gasteiger partial charge in [0.2, 0.25) is 5.91 Å². The molecule has 0 spiro atoms. The fraction of sp³-hybridized carbons (Fsp3) is 0.571. The molecule has 1 aromatic rings. The van der Waals surface area contributed by atoms with Gasteiger partial charge in [-0.15, -0.1) is 6.58 Å². The number of carbonyl (C=O) groups excluding carboxylic acids is 1. The van der Waals surface area contributed by atoms with Crippen molar-refractivity contribution in [1.29, 1.82) is 0 Å². The molecule has 0 aliphatic carbocycles. The second kappa shape index (κ2) is 8.99. The van der Waals surface area contributed by atoms with E-state index in [0.717, 1.165) is 45.1 Å². The van der Waals surface area contributed by atoms with Crippen molar-refractivity contribution < 1.29 is 18.0 Å². The molecule has 4 nitrogen and oxygen atoms in total. The average molecular weight is 395 g/mol. The molecular weight excluding hydrogens is 367 g/mol. The first-order chi connectivity index (χ1) is 13.4. The van der Waals surface area contributed by atoms with E-state index < -0.39 is 11.7 Å². The molecule has 7 heteroatoms. The molecule has 2 heterocycles. The van der Waals surface area contributed by atoms with Gasteiger partial charge in [0.15, 0.2) is 0 Å². The van der Waals surface area contributed by atoms with E-state index in [-0.39, 0.29) is 5.91 Å². The van der Waals surface area contributed by atoms with Crippen LogP contribution in [0.25, 0.3) is 0 Å². The first-order valence-electron chi connectivity index (χ1n) is 9.93. The van der Waals surface area contributed by atoms with Crippen molar-refractivity contribution in [2.75, 3.05) is 44.2 Å². The third-order valence-corrected chi connectivity index (χ3v) is 5.68. The predicted molar refractivity (Wildman–Crippen MR) is 104 cm³/mol. The van der Waals surface area contributed by atoms with Gasteiger partial charge in [0.05, 0.1) is 5.56 Å². The van der Waals surface area contributed by atoms with Crippen LogP contribution < -0.4 is 4.90 Å². The van der Waals surface area contributed by atoms with Crippen LogP contribution in [-0.2, 0) is 11.0 Å². The van der Waals surface area contributed by atoms with Gasteiger partial charge in [0.25, 0.3) is 0 Å². The number of rotatable bonds is 5. The fourth-order valence-electron chi connectivity index (χ4n) is 4.09. The van der Waals surface area contributed by atoms with E-state index in [1.54, 1.807) is 12.1 Å². The minimum absolute atomic E-state index is 0.187. The lowest BCUT2D eigenvalue weighted by molar-refractivity contribution is -0.137. The molecule has 28 heavy (non-hydrogen) atoms. The van der Waals surface area contributed by atoms with Gasteiger partial charge >= 0.3 is 6.18 Å². The number of benzene rings is 1. The SMILES string of the molecule is C=CCCC(=O)N1CCC[C@H](N2CCN(c3cccc(C(F)(F)F)c3)CC2)C1. The molecule has 0 saturated carbocycles. The number of piperazine rings is 1. The summed E-state index contributed by atoms with van der Waals surface area (Å²) >= 11 is 0. The molecule has 0 unspecified atom stereocenters. The zero-order valence-corrected chi connectivity index (χ0v) is 16.1. The summed E-state index contributed by atoms with van der Waals surface area (Å²) in [4.78, 5) is 18.7. The number of hydrogen-bond acceptors (Lipinski definition) is 3. The molecule has 0 N–H and O–H groups in total. The van der Waals surface area contributed by atoms with Crippen LogP contribution in [0.15, 0.2) is 36.9 Å². The molecule has 154 valence electrons. The molecule has 3 rings (SSSR count). The van der Waals surface area contributed by atoms with Gasteiger partial charge in [-0.25, -0.2) is 0 Å². The number of alkyl halides is 3. The number of piperidine rings is 1. The molecule has 1 aromatic carbocycles. The molecule has 2 saturated heterocycles. The van der Waals surface area contributed by atoms with E-state index in [1.165, 1.54) is 12.1 Å². The second-order valence-corrected chi connectivity index (χ2v) is 7.53. The smallest absolute Gasteiger partial charge is 0.369 e. The highest BCUT2D eigenvalue weighted by Crippen LogP contribution is 2.32. The lowest BCUT2D eigenvalue weighted by Crippen LogP contribution is -2.55. The van der Waals surface area contributed by atoms with Crippen LogP contribution in [0.3, 0.4) is 0 Å². The summed E-state index contributed by atoms with van der Waals surface area (Å²) in [6, 6.07) is 5.89. The Kier molecular flexibility index (Phi) is 6.65. The largest absolute Gasteiger partial charge is 0.416 e. The lowest BCUT2D eigenvalue weighted by Gasteiger charge is -2.44. The van der Waals surface area contributed by atoms with Crippen molar-refractivity contribution in [3.05, 3.63) is 42.5 Å². The summed E-state index contributed by atoms with van der Waals surface area (Å²) < 4.78 is 38.9. The molecule has 0 aromatic heterocycles. The Morgan fingerprint density at radius 1 is 1.18 bits per heavy atom. The van der Waals surface area contributed by atoms with Crippen LogP contribution in [-0.4, -0.2) is 61.0 Å². The van der Waals surface area contributed by atoms with E-state index in [0.29, 0.717) is 37.7 Å². The molecule has 0 bridgehead atoms. The summed E-state index contributed by atoms with van der Waals surface area (Å²) in [5.41, 5.74) is 0.0211. The van der Waals surface area contributed by atoms with E-state index in [2.05, 4.69) is 11.5 Å². The normalized spacial score (nSPS) is 21.6. The minimum Gasteiger partial charge on any atom is -0.369 e. The van der Waals surface area contributed by atoms with Crippen molar-refractivity contribution in [2.45, 2.75) is 37.9 Å². The number of allylic oxidation sites excluding steroid dienone is 1. The highest BCUT2D eigenvalue weighted by molar-refractivity contribution is 5.76. The number of hydrogen-bond donors (Lipinski definition) is 0. The molecule has 2 fully saturated rings. The summed E-state index contributed by atoms with van der Waals surface area (Å²) in [6.07, 6.45) is 0.732. The number of anilines is 1. The second-order valence-electron chi connectivity index (χ2n) is 7.53. The Bertz CT molecular complexity index is 684. The van der Waals surface area contributed by atoms with E-state index in [9.17, 15) is 18.0 Å². The first-order valence-corrected chi connectivity index (χ1v) is 9.93. The molecular formula is C21H28F3N3O. The standard InChI is InChI=1S/C21H28F3N3O/c1-2-3-9-20(28)27-10-5-8-19(16-27)26-13-11-25(12-14-26)18-7-4-6-17(15-18)21(22,23)24/h2,4,6-7,15,19H,1,3,5,8-14,16H2/t19-/m0/s1. The molecule has 0 radical (unpaired) electrons. The van der Waals surface area contributed by atoms with E-state index >= 15 is 0 Å². The summed E-state index contributed by atoms with van der Waals surface area (Å²) in [5.74, 6) is 0.187. The van der Waals surface area contributed by atoms with Crippen LogP contribution >= 0.6 is 0 Å². The molecule has 2 aliphatic rings. The monoisotopic (exact) mass is 395 g/mol. The van der Waals surface area contributed by atoms with Gasteiger partial charge in [-0.3, -0.25) is 9.69 Å². The third kappa shape index (κ3) is 5.07.